The number of fused-ring (bicyclic) bond motifs is 1. The largest absolute Gasteiger partial charge is 0.370 e. The van der Waals surface area contributed by atoms with Crippen molar-refractivity contribution in [3.05, 3.63) is 131 Å². The molecule has 6 heteroatoms. The van der Waals surface area contributed by atoms with Gasteiger partial charge in [0.15, 0.2) is 5.96 Å². The summed E-state index contributed by atoms with van der Waals surface area (Å²) in [6, 6.07) is 34.9. The zero-order valence-electron chi connectivity index (χ0n) is 19.8. The molecule has 36 heavy (non-hydrogen) atoms. The summed E-state index contributed by atoms with van der Waals surface area (Å²) in [5.74, 6) is -0.0987. The van der Waals surface area contributed by atoms with Crippen molar-refractivity contribution in [2.45, 2.75) is 19.0 Å². The van der Waals surface area contributed by atoms with Crippen LogP contribution in [-0.2, 0) is 17.8 Å². The van der Waals surface area contributed by atoms with Gasteiger partial charge in [0.05, 0.1) is 23.6 Å². The molecule has 1 amide bonds. The number of guanidine groups is 1. The number of hydrogen-bond donors (Lipinski definition) is 2. The number of benzene rings is 4. The average Bonchev–Trinajstić information content (AvgIpc) is 3.01. The topological polar surface area (TPSA) is 97.1 Å². The molecule has 4 aromatic carbocycles. The monoisotopic (exact) mass is 473 g/mol. The molecule has 0 aromatic heterocycles. The SMILES string of the molecule is NC(N)=Nc1ccccc1CN1C(=O)[C@H](Cc2ccccc2)N=C(c2ccccc2)c2ccccc21. The molecule has 1 heterocycles. The first-order valence-electron chi connectivity index (χ1n) is 11.9. The Labute approximate surface area is 210 Å². The summed E-state index contributed by atoms with van der Waals surface area (Å²) in [5.41, 5.74) is 17.4. The summed E-state index contributed by atoms with van der Waals surface area (Å²) >= 11 is 0. The minimum Gasteiger partial charge on any atom is -0.370 e. The highest BCUT2D eigenvalue weighted by molar-refractivity contribution is 6.20. The Morgan fingerprint density at radius 2 is 1.44 bits per heavy atom. The number of carbonyl (C=O) groups is 1. The minimum absolute atomic E-state index is 0.0262. The number of anilines is 1. The van der Waals surface area contributed by atoms with Gasteiger partial charge in [0.2, 0.25) is 0 Å². The van der Waals surface area contributed by atoms with E-state index in [2.05, 4.69) is 4.99 Å². The van der Waals surface area contributed by atoms with Gasteiger partial charge in [-0.3, -0.25) is 9.79 Å². The zero-order valence-corrected chi connectivity index (χ0v) is 19.8. The summed E-state index contributed by atoms with van der Waals surface area (Å²) in [6.07, 6.45) is 0.496. The molecule has 0 radical (unpaired) electrons. The number of benzodiazepines with no additional fused rings is 1. The van der Waals surface area contributed by atoms with Crippen LogP contribution >= 0.6 is 0 Å². The summed E-state index contributed by atoms with van der Waals surface area (Å²) in [7, 11) is 0. The molecule has 0 fully saturated rings. The van der Waals surface area contributed by atoms with Gasteiger partial charge >= 0.3 is 0 Å². The van der Waals surface area contributed by atoms with Crippen molar-refractivity contribution in [3.63, 3.8) is 0 Å². The van der Waals surface area contributed by atoms with E-state index in [0.717, 1.165) is 33.7 Å². The van der Waals surface area contributed by atoms with E-state index in [1.165, 1.54) is 0 Å². The number of rotatable bonds is 6. The van der Waals surface area contributed by atoms with E-state index < -0.39 is 6.04 Å². The Morgan fingerprint density at radius 1 is 0.806 bits per heavy atom. The maximum Gasteiger partial charge on any atom is 0.252 e. The van der Waals surface area contributed by atoms with Crippen LogP contribution in [-0.4, -0.2) is 23.6 Å². The standard InChI is InChI=1S/C30H27N5O/c31-30(32)34-25-17-9-7-15-23(25)20-35-27-18-10-8-16-24(27)28(22-13-5-2-6-14-22)33-26(29(35)36)19-21-11-3-1-4-12-21/h1-18,26H,19-20H2,(H4,31,32,34)/t26-/m0/s1. The number of nitrogens with zero attached hydrogens (tertiary/aromatic N) is 3. The molecular formula is C30H27N5O. The van der Waals surface area contributed by atoms with Crippen LogP contribution in [0.25, 0.3) is 0 Å². The summed E-state index contributed by atoms with van der Waals surface area (Å²) in [5, 5.41) is 0. The average molecular weight is 474 g/mol. The lowest BCUT2D eigenvalue weighted by Crippen LogP contribution is -2.38. The van der Waals surface area contributed by atoms with E-state index in [0.29, 0.717) is 18.7 Å². The van der Waals surface area contributed by atoms with E-state index in [4.69, 9.17) is 16.5 Å². The van der Waals surface area contributed by atoms with Gasteiger partial charge in [0.1, 0.15) is 6.04 Å². The predicted octanol–water partition coefficient (Wildman–Crippen LogP) is 4.59. The highest BCUT2D eigenvalue weighted by Crippen LogP contribution is 2.32. The molecule has 0 unspecified atom stereocenters. The lowest BCUT2D eigenvalue weighted by Gasteiger charge is -2.26. The fraction of sp³-hybridized carbons (Fsp3) is 0.100. The number of nitrogens with two attached hydrogens (primary N) is 2. The number of hydrogen-bond acceptors (Lipinski definition) is 3. The quantitative estimate of drug-likeness (QED) is 0.317. The second kappa shape index (κ2) is 10.3. The number of carbonyl (C=O) groups excluding carboxylic acids is 1. The molecule has 1 aliphatic rings. The van der Waals surface area contributed by atoms with Gasteiger partial charge in [-0.2, -0.15) is 0 Å². The third-order valence-electron chi connectivity index (χ3n) is 6.17. The Kier molecular flexibility index (Phi) is 6.58. The van der Waals surface area contributed by atoms with Gasteiger partial charge in [0, 0.05) is 17.5 Å². The van der Waals surface area contributed by atoms with Crippen molar-refractivity contribution in [1.82, 2.24) is 0 Å². The van der Waals surface area contributed by atoms with Crippen LogP contribution in [0, 0.1) is 0 Å². The van der Waals surface area contributed by atoms with Crippen molar-refractivity contribution in [2.75, 3.05) is 4.90 Å². The fourth-order valence-electron chi connectivity index (χ4n) is 4.51. The van der Waals surface area contributed by atoms with Crippen LogP contribution in [0.1, 0.15) is 22.3 Å². The molecule has 5 rings (SSSR count). The third-order valence-corrected chi connectivity index (χ3v) is 6.17. The van der Waals surface area contributed by atoms with Gasteiger partial charge in [0.25, 0.3) is 5.91 Å². The van der Waals surface area contributed by atoms with Crippen LogP contribution in [0.4, 0.5) is 11.4 Å². The second-order valence-electron chi connectivity index (χ2n) is 8.66. The molecule has 1 atom stereocenters. The Balaban J connectivity index is 1.65. The van der Waals surface area contributed by atoms with Gasteiger partial charge in [-0.05, 0) is 23.3 Å². The van der Waals surface area contributed by atoms with Crippen molar-refractivity contribution < 1.29 is 4.79 Å². The van der Waals surface area contributed by atoms with Crippen LogP contribution in [0.2, 0.25) is 0 Å². The molecule has 0 saturated heterocycles. The van der Waals surface area contributed by atoms with Crippen LogP contribution < -0.4 is 16.4 Å². The molecule has 0 bridgehead atoms. The van der Waals surface area contributed by atoms with Crippen LogP contribution in [0.3, 0.4) is 0 Å². The van der Waals surface area contributed by atoms with Crippen LogP contribution in [0.15, 0.2) is 119 Å². The highest BCUT2D eigenvalue weighted by atomic mass is 16.2. The number of para-hydroxylation sites is 2. The lowest BCUT2D eigenvalue weighted by atomic mass is 10.00. The van der Waals surface area contributed by atoms with E-state index in [-0.39, 0.29) is 11.9 Å². The molecule has 1 aliphatic heterocycles. The minimum atomic E-state index is -0.592. The Morgan fingerprint density at radius 3 is 2.19 bits per heavy atom. The number of aliphatic imine (C=N–C) groups is 2. The van der Waals surface area contributed by atoms with Gasteiger partial charge in [-0.25, -0.2) is 4.99 Å². The van der Waals surface area contributed by atoms with E-state index in [1.54, 1.807) is 0 Å². The summed E-state index contributed by atoms with van der Waals surface area (Å²) in [4.78, 5) is 25.3. The highest BCUT2D eigenvalue weighted by Gasteiger charge is 2.32. The molecule has 6 nitrogen and oxygen atoms in total. The maximum absolute atomic E-state index is 14.2. The smallest absolute Gasteiger partial charge is 0.252 e. The lowest BCUT2D eigenvalue weighted by molar-refractivity contribution is -0.119. The second-order valence-corrected chi connectivity index (χ2v) is 8.66. The first kappa shape index (κ1) is 23.1. The van der Waals surface area contributed by atoms with Crippen molar-refractivity contribution >= 4 is 29.0 Å². The first-order valence-corrected chi connectivity index (χ1v) is 11.9. The van der Waals surface area contributed by atoms with Gasteiger partial charge in [-0.1, -0.05) is 97.1 Å². The first-order chi connectivity index (χ1) is 17.6. The summed E-state index contributed by atoms with van der Waals surface area (Å²) in [6.45, 7) is 0.311. The zero-order chi connectivity index (χ0) is 24.9. The van der Waals surface area contributed by atoms with Crippen molar-refractivity contribution in [1.29, 1.82) is 0 Å². The molecule has 0 saturated carbocycles. The Bertz CT molecular complexity index is 1430. The maximum atomic E-state index is 14.2. The van der Waals surface area contributed by atoms with E-state index in [9.17, 15) is 4.79 Å². The molecular weight excluding hydrogens is 446 g/mol. The van der Waals surface area contributed by atoms with E-state index in [1.807, 2.05) is 114 Å². The van der Waals surface area contributed by atoms with Crippen molar-refractivity contribution in [2.24, 2.45) is 21.5 Å². The predicted molar refractivity (Wildman–Crippen MR) is 146 cm³/mol. The summed E-state index contributed by atoms with van der Waals surface area (Å²) < 4.78 is 0. The fourth-order valence-corrected chi connectivity index (χ4v) is 4.51. The van der Waals surface area contributed by atoms with Gasteiger partial charge < -0.3 is 16.4 Å². The van der Waals surface area contributed by atoms with Crippen LogP contribution in [0.5, 0.6) is 0 Å². The van der Waals surface area contributed by atoms with Crippen molar-refractivity contribution in [3.8, 4) is 0 Å². The molecule has 0 aliphatic carbocycles. The third kappa shape index (κ3) is 4.88. The van der Waals surface area contributed by atoms with E-state index >= 15 is 0 Å². The Hall–Kier alpha value is -4.71. The molecule has 178 valence electrons. The molecule has 4 N–H and O–H groups in total. The molecule has 4 aromatic rings. The normalized spacial score (nSPS) is 15.0. The molecule has 0 spiro atoms. The van der Waals surface area contributed by atoms with Gasteiger partial charge in [-0.15, -0.1) is 0 Å². The number of amides is 1.